The summed E-state index contributed by atoms with van der Waals surface area (Å²) in [5, 5.41) is 10.3. The van der Waals surface area contributed by atoms with Gasteiger partial charge in [0.1, 0.15) is 0 Å². The Bertz CT molecular complexity index is 199. The number of thiol groups is 1. The molecule has 0 saturated carbocycles. The third-order valence-electron chi connectivity index (χ3n) is 3.42. The van der Waals surface area contributed by atoms with E-state index in [1.807, 2.05) is 7.05 Å². The molecule has 1 saturated heterocycles. The molecule has 1 fully saturated rings. The monoisotopic (exact) mass is 247 g/mol. The molecule has 3 nitrogen and oxygen atoms in total. The predicted molar refractivity (Wildman–Crippen MR) is 76.0 cm³/mol. The standard InChI is InChI=1S/C9H20N2S.C3H9N/c1-5-8(3)7(12)10-9(4,6-2)11-8;1-3-4-2/h7,10-12H,5-6H2,1-4H3;4H,3H2,1-2H3. The van der Waals surface area contributed by atoms with E-state index in [4.69, 9.17) is 0 Å². The molecule has 1 aliphatic rings. The maximum absolute atomic E-state index is 4.55. The van der Waals surface area contributed by atoms with Crippen LogP contribution >= 0.6 is 12.6 Å². The molecule has 3 atom stereocenters. The molecule has 1 aliphatic heterocycles. The molecule has 3 N–H and O–H groups in total. The van der Waals surface area contributed by atoms with E-state index in [-0.39, 0.29) is 16.6 Å². The Morgan fingerprint density at radius 2 is 1.69 bits per heavy atom. The Labute approximate surface area is 107 Å². The van der Waals surface area contributed by atoms with Gasteiger partial charge in [-0.1, -0.05) is 20.8 Å². The molecule has 0 aliphatic carbocycles. The van der Waals surface area contributed by atoms with Crippen LogP contribution in [0.5, 0.6) is 0 Å². The summed E-state index contributed by atoms with van der Waals surface area (Å²) in [5.74, 6) is 0. The molecule has 3 unspecified atom stereocenters. The highest BCUT2D eigenvalue weighted by Crippen LogP contribution is 2.29. The molecule has 0 amide bonds. The second-order valence-electron chi connectivity index (χ2n) is 4.84. The van der Waals surface area contributed by atoms with Gasteiger partial charge in [-0.15, -0.1) is 0 Å². The van der Waals surface area contributed by atoms with Crippen LogP contribution in [0.1, 0.15) is 47.5 Å². The summed E-state index contributed by atoms with van der Waals surface area (Å²) < 4.78 is 0. The molecule has 4 heteroatoms. The van der Waals surface area contributed by atoms with Gasteiger partial charge in [-0.05, 0) is 40.3 Å². The van der Waals surface area contributed by atoms with Crippen molar-refractivity contribution in [3.8, 4) is 0 Å². The van der Waals surface area contributed by atoms with Gasteiger partial charge in [0.05, 0.1) is 11.0 Å². The fraction of sp³-hybridized carbons (Fsp3) is 1.00. The van der Waals surface area contributed by atoms with Gasteiger partial charge in [-0.2, -0.15) is 12.6 Å². The third-order valence-corrected chi connectivity index (χ3v) is 4.11. The highest BCUT2D eigenvalue weighted by molar-refractivity contribution is 7.81. The zero-order valence-electron chi connectivity index (χ0n) is 11.6. The van der Waals surface area contributed by atoms with Gasteiger partial charge in [-0.25, -0.2) is 0 Å². The number of hydrogen-bond acceptors (Lipinski definition) is 4. The highest BCUT2D eigenvalue weighted by Gasteiger charge is 2.44. The Balaban J connectivity index is 0.000000487. The quantitative estimate of drug-likeness (QED) is 0.576. The Morgan fingerprint density at radius 1 is 1.19 bits per heavy atom. The van der Waals surface area contributed by atoms with Gasteiger partial charge in [-0.3, -0.25) is 10.6 Å². The second-order valence-corrected chi connectivity index (χ2v) is 5.35. The minimum Gasteiger partial charge on any atom is -0.320 e. The van der Waals surface area contributed by atoms with Crippen LogP contribution in [-0.2, 0) is 0 Å². The molecule has 0 aromatic heterocycles. The first kappa shape index (κ1) is 16.2. The molecule has 0 aromatic rings. The maximum atomic E-state index is 4.55. The second kappa shape index (κ2) is 6.84. The van der Waals surface area contributed by atoms with E-state index in [2.05, 4.69) is 63.2 Å². The molecule has 1 rings (SSSR count). The topological polar surface area (TPSA) is 36.1 Å². The number of rotatable bonds is 3. The maximum Gasteiger partial charge on any atom is 0.0698 e. The fourth-order valence-electron chi connectivity index (χ4n) is 1.67. The lowest BCUT2D eigenvalue weighted by atomic mass is 10.00. The van der Waals surface area contributed by atoms with Crippen molar-refractivity contribution in [3.63, 3.8) is 0 Å². The van der Waals surface area contributed by atoms with Crippen molar-refractivity contribution in [3.05, 3.63) is 0 Å². The lowest BCUT2D eigenvalue weighted by Gasteiger charge is -2.29. The first-order chi connectivity index (χ1) is 7.37. The summed E-state index contributed by atoms with van der Waals surface area (Å²) >= 11 is 4.55. The number of hydrogen-bond donors (Lipinski definition) is 4. The van der Waals surface area contributed by atoms with Crippen LogP contribution < -0.4 is 16.0 Å². The first-order valence-electron chi connectivity index (χ1n) is 6.27. The van der Waals surface area contributed by atoms with E-state index in [9.17, 15) is 0 Å². The van der Waals surface area contributed by atoms with E-state index in [0.717, 1.165) is 19.4 Å². The van der Waals surface area contributed by atoms with Crippen molar-refractivity contribution in [2.75, 3.05) is 13.6 Å². The Hall–Kier alpha value is 0.230. The Morgan fingerprint density at radius 3 is 1.88 bits per heavy atom. The van der Waals surface area contributed by atoms with Crippen molar-refractivity contribution >= 4 is 12.6 Å². The van der Waals surface area contributed by atoms with Gasteiger partial charge in [0.15, 0.2) is 0 Å². The first-order valence-corrected chi connectivity index (χ1v) is 6.78. The lowest BCUT2D eigenvalue weighted by Crippen LogP contribution is -2.50. The lowest BCUT2D eigenvalue weighted by molar-refractivity contribution is 0.302. The minimum atomic E-state index is 0.0666. The van der Waals surface area contributed by atoms with Crippen molar-refractivity contribution in [2.24, 2.45) is 0 Å². The van der Waals surface area contributed by atoms with Crippen LogP contribution in [0.2, 0.25) is 0 Å². The van der Waals surface area contributed by atoms with Crippen LogP contribution in [0.3, 0.4) is 0 Å². The SMILES string of the molecule is CCC1(C)NC(S)C(C)(CC)N1.CCNC. The zero-order chi connectivity index (χ0) is 12.8. The molecule has 0 bridgehead atoms. The molecule has 1 heterocycles. The van der Waals surface area contributed by atoms with Crippen LogP contribution in [0.25, 0.3) is 0 Å². The van der Waals surface area contributed by atoms with Gasteiger partial charge >= 0.3 is 0 Å². The summed E-state index contributed by atoms with van der Waals surface area (Å²) in [7, 11) is 1.93. The minimum absolute atomic E-state index is 0.0666. The van der Waals surface area contributed by atoms with Gasteiger partial charge < -0.3 is 5.32 Å². The van der Waals surface area contributed by atoms with Crippen molar-refractivity contribution in [1.29, 1.82) is 0 Å². The summed E-state index contributed by atoms with van der Waals surface area (Å²) in [5.41, 5.74) is 0.199. The molecule has 0 aromatic carbocycles. The average molecular weight is 247 g/mol. The normalized spacial score (nSPS) is 38.1. The average Bonchev–Trinajstić information content (AvgIpc) is 2.51. The third kappa shape index (κ3) is 4.24. The van der Waals surface area contributed by atoms with Gasteiger partial charge in [0.25, 0.3) is 0 Å². The predicted octanol–water partition coefficient (Wildman–Crippen LogP) is 1.96. The summed E-state index contributed by atoms with van der Waals surface area (Å²) in [6, 6.07) is 0. The fourth-order valence-corrected chi connectivity index (χ4v) is 2.20. The molecule has 16 heavy (non-hydrogen) atoms. The van der Waals surface area contributed by atoms with E-state index < -0.39 is 0 Å². The molecular formula is C12H29N3S. The van der Waals surface area contributed by atoms with Crippen molar-refractivity contribution < 1.29 is 0 Å². The van der Waals surface area contributed by atoms with Crippen LogP contribution in [0, 0.1) is 0 Å². The van der Waals surface area contributed by atoms with Gasteiger partial charge in [0, 0.05) is 5.54 Å². The van der Waals surface area contributed by atoms with Crippen LogP contribution in [-0.4, -0.2) is 30.2 Å². The molecule has 98 valence electrons. The smallest absolute Gasteiger partial charge is 0.0698 e. The highest BCUT2D eigenvalue weighted by atomic mass is 32.1. The van der Waals surface area contributed by atoms with E-state index in [1.54, 1.807) is 0 Å². The molecular weight excluding hydrogens is 218 g/mol. The summed E-state index contributed by atoms with van der Waals surface area (Å²) in [6.07, 6.45) is 2.18. The van der Waals surface area contributed by atoms with Crippen molar-refractivity contribution in [1.82, 2.24) is 16.0 Å². The molecule has 0 spiro atoms. The summed E-state index contributed by atoms with van der Waals surface area (Å²) in [6.45, 7) is 11.9. The summed E-state index contributed by atoms with van der Waals surface area (Å²) in [4.78, 5) is 0. The largest absolute Gasteiger partial charge is 0.320 e. The van der Waals surface area contributed by atoms with Gasteiger partial charge in [0.2, 0.25) is 0 Å². The van der Waals surface area contributed by atoms with Crippen molar-refractivity contribution in [2.45, 2.75) is 64.0 Å². The van der Waals surface area contributed by atoms with E-state index in [0.29, 0.717) is 0 Å². The Kier molecular flexibility index (Phi) is 6.94. The van der Waals surface area contributed by atoms with Crippen LogP contribution in [0.15, 0.2) is 0 Å². The zero-order valence-corrected chi connectivity index (χ0v) is 12.5. The van der Waals surface area contributed by atoms with Crippen LogP contribution in [0.4, 0.5) is 0 Å². The molecule has 0 radical (unpaired) electrons. The van der Waals surface area contributed by atoms with E-state index in [1.165, 1.54) is 0 Å². The van der Waals surface area contributed by atoms with E-state index >= 15 is 0 Å². The number of nitrogens with one attached hydrogen (secondary N) is 3.